The van der Waals surface area contributed by atoms with Crippen molar-refractivity contribution >= 4 is 38.8 Å². The second kappa shape index (κ2) is 7.57. The van der Waals surface area contributed by atoms with Crippen LogP contribution in [0.25, 0.3) is 20.8 Å². The first-order valence-corrected chi connectivity index (χ1v) is 11.0. The van der Waals surface area contributed by atoms with Crippen LogP contribution in [0.5, 0.6) is 5.19 Å². The van der Waals surface area contributed by atoms with Crippen LogP contribution in [-0.2, 0) is 0 Å². The molecule has 1 aromatic carbocycles. The summed E-state index contributed by atoms with van der Waals surface area (Å²) in [7, 11) is 0. The number of hydrogen-bond donors (Lipinski definition) is 1. The number of likely N-dealkylation sites (tertiary alicyclic amines) is 1. The third-order valence-corrected chi connectivity index (χ3v) is 6.75. The normalized spacial score (nSPS) is 15.1. The molecule has 0 saturated carbocycles. The Morgan fingerprint density at radius 1 is 1.24 bits per heavy atom. The van der Waals surface area contributed by atoms with Gasteiger partial charge in [0.15, 0.2) is 5.69 Å². The fourth-order valence-electron chi connectivity index (χ4n) is 3.42. The molecule has 148 valence electrons. The molecule has 0 unspecified atom stereocenters. The molecule has 29 heavy (non-hydrogen) atoms. The first-order valence-electron chi connectivity index (χ1n) is 9.27. The molecule has 1 saturated heterocycles. The van der Waals surface area contributed by atoms with Crippen LogP contribution >= 0.6 is 22.7 Å². The zero-order valence-corrected chi connectivity index (χ0v) is 16.9. The van der Waals surface area contributed by atoms with Crippen LogP contribution in [0, 0.1) is 5.82 Å². The van der Waals surface area contributed by atoms with Crippen molar-refractivity contribution in [1.82, 2.24) is 20.1 Å². The Balaban J connectivity index is 1.21. The summed E-state index contributed by atoms with van der Waals surface area (Å²) in [5.74, 6) is -0.417. The highest BCUT2D eigenvalue weighted by atomic mass is 32.1. The molecule has 0 radical (unpaired) electrons. The van der Waals surface area contributed by atoms with Gasteiger partial charge in [-0.3, -0.25) is 9.89 Å². The number of H-pyrrole nitrogens is 1. The number of nitrogens with one attached hydrogen (secondary N) is 1. The topological polar surface area (TPSA) is 71.1 Å². The molecule has 0 atom stereocenters. The smallest absolute Gasteiger partial charge is 0.274 e. The Morgan fingerprint density at radius 3 is 2.86 bits per heavy atom. The van der Waals surface area contributed by atoms with Crippen molar-refractivity contribution in [3.8, 4) is 15.8 Å². The third kappa shape index (κ3) is 3.63. The molecule has 3 aromatic heterocycles. The molecule has 1 aliphatic heterocycles. The number of hydrogen-bond acceptors (Lipinski definition) is 6. The second-order valence-corrected chi connectivity index (χ2v) is 8.76. The number of piperidine rings is 1. The second-order valence-electron chi connectivity index (χ2n) is 6.82. The minimum Gasteiger partial charge on any atom is -0.467 e. The van der Waals surface area contributed by atoms with E-state index >= 15 is 0 Å². The zero-order valence-electron chi connectivity index (χ0n) is 15.3. The predicted octanol–water partition coefficient (Wildman–Crippen LogP) is 4.57. The average Bonchev–Trinajstić information content (AvgIpc) is 3.48. The number of halogens is 1. The highest BCUT2D eigenvalue weighted by Gasteiger charge is 2.27. The molecule has 4 heterocycles. The van der Waals surface area contributed by atoms with Gasteiger partial charge in [0.1, 0.15) is 17.4 Å². The predicted molar refractivity (Wildman–Crippen MR) is 111 cm³/mol. The Hall–Kier alpha value is -2.78. The van der Waals surface area contributed by atoms with E-state index < -0.39 is 0 Å². The number of carbonyl (C=O) groups excluding carboxylic acids is 1. The van der Waals surface area contributed by atoms with E-state index in [1.807, 2.05) is 23.6 Å². The quantitative estimate of drug-likeness (QED) is 0.517. The van der Waals surface area contributed by atoms with E-state index in [0.717, 1.165) is 15.3 Å². The number of carbonyl (C=O) groups is 1. The summed E-state index contributed by atoms with van der Waals surface area (Å²) in [6.45, 7) is 1.17. The van der Waals surface area contributed by atoms with Crippen molar-refractivity contribution in [2.75, 3.05) is 13.1 Å². The van der Waals surface area contributed by atoms with Gasteiger partial charge in [0.25, 0.3) is 11.1 Å². The molecule has 4 aromatic rings. The van der Waals surface area contributed by atoms with Gasteiger partial charge in [0.2, 0.25) is 0 Å². The number of aromatic amines is 1. The Morgan fingerprint density at radius 2 is 2.10 bits per heavy atom. The molecule has 9 heteroatoms. The highest BCUT2D eigenvalue weighted by molar-refractivity contribution is 7.20. The van der Waals surface area contributed by atoms with Crippen molar-refractivity contribution in [1.29, 1.82) is 0 Å². The van der Waals surface area contributed by atoms with Crippen LogP contribution in [0.2, 0.25) is 0 Å². The summed E-state index contributed by atoms with van der Waals surface area (Å²) in [6.07, 6.45) is 1.36. The van der Waals surface area contributed by atoms with E-state index in [2.05, 4.69) is 15.2 Å². The van der Waals surface area contributed by atoms with E-state index in [4.69, 9.17) is 4.74 Å². The summed E-state index contributed by atoms with van der Waals surface area (Å²) in [4.78, 5) is 19.9. The maximum absolute atomic E-state index is 13.8. The number of thiazole rings is 1. The van der Waals surface area contributed by atoms with Gasteiger partial charge < -0.3 is 9.64 Å². The molecule has 0 aliphatic carbocycles. The van der Waals surface area contributed by atoms with Crippen molar-refractivity contribution in [3.63, 3.8) is 0 Å². The largest absolute Gasteiger partial charge is 0.467 e. The summed E-state index contributed by atoms with van der Waals surface area (Å²) in [6, 6.07) is 10.7. The van der Waals surface area contributed by atoms with Gasteiger partial charge in [-0.2, -0.15) is 10.1 Å². The van der Waals surface area contributed by atoms with Gasteiger partial charge >= 0.3 is 0 Å². The van der Waals surface area contributed by atoms with E-state index in [-0.39, 0.29) is 17.8 Å². The first-order chi connectivity index (χ1) is 14.2. The Bertz CT molecular complexity index is 1150. The maximum atomic E-state index is 13.8. The van der Waals surface area contributed by atoms with Crippen molar-refractivity contribution in [2.24, 2.45) is 0 Å². The van der Waals surface area contributed by atoms with Crippen LogP contribution < -0.4 is 4.74 Å². The Kier molecular flexibility index (Phi) is 4.76. The van der Waals surface area contributed by atoms with Gasteiger partial charge in [-0.05, 0) is 29.6 Å². The van der Waals surface area contributed by atoms with Gasteiger partial charge in [0.05, 0.1) is 15.3 Å². The van der Waals surface area contributed by atoms with E-state index in [0.29, 0.717) is 42.3 Å². The summed E-state index contributed by atoms with van der Waals surface area (Å²) < 4.78 is 20.5. The van der Waals surface area contributed by atoms with Gasteiger partial charge in [0, 0.05) is 25.9 Å². The van der Waals surface area contributed by atoms with Crippen LogP contribution in [0.3, 0.4) is 0 Å². The lowest BCUT2D eigenvalue weighted by molar-refractivity contribution is 0.0590. The molecule has 1 amide bonds. The Labute approximate surface area is 174 Å². The summed E-state index contributed by atoms with van der Waals surface area (Å²) >= 11 is 2.94. The number of thiophene rings is 1. The molecule has 1 aliphatic rings. The number of amides is 1. The number of rotatable bonds is 4. The van der Waals surface area contributed by atoms with Gasteiger partial charge in [-0.1, -0.05) is 23.5 Å². The number of nitrogens with zero attached hydrogens (tertiary/aromatic N) is 3. The van der Waals surface area contributed by atoms with Crippen molar-refractivity contribution in [3.05, 3.63) is 53.3 Å². The van der Waals surface area contributed by atoms with Gasteiger partial charge in [-0.25, -0.2) is 4.39 Å². The molecule has 1 fully saturated rings. The lowest BCUT2D eigenvalue weighted by Gasteiger charge is -2.31. The number of benzene rings is 1. The van der Waals surface area contributed by atoms with Crippen molar-refractivity contribution < 1.29 is 13.9 Å². The fraction of sp³-hybridized carbons (Fsp3) is 0.250. The van der Waals surface area contributed by atoms with Crippen LogP contribution in [0.1, 0.15) is 23.3 Å². The zero-order chi connectivity index (χ0) is 19.8. The lowest BCUT2D eigenvalue weighted by Crippen LogP contribution is -2.41. The molecule has 1 N–H and O–H groups in total. The van der Waals surface area contributed by atoms with Crippen LogP contribution in [0.4, 0.5) is 4.39 Å². The number of ether oxygens (including phenoxy) is 1. The van der Waals surface area contributed by atoms with Crippen LogP contribution in [-0.4, -0.2) is 45.2 Å². The summed E-state index contributed by atoms with van der Waals surface area (Å²) in [5, 5.41) is 9.58. The average molecular weight is 429 g/mol. The summed E-state index contributed by atoms with van der Waals surface area (Å²) in [5.41, 5.74) is 1.62. The minimum absolute atomic E-state index is 0.0384. The van der Waals surface area contributed by atoms with E-state index in [9.17, 15) is 9.18 Å². The SMILES string of the molecule is O=C(c1cc(-c2cccs2)[nH]n1)N1CCC(Oc2nc3c(F)cccc3s2)CC1. The van der Waals surface area contributed by atoms with Crippen molar-refractivity contribution in [2.45, 2.75) is 18.9 Å². The van der Waals surface area contributed by atoms with Crippen LogP contribution in [0.15, 0.2) is 41.8 Å². The fourth-order valence-corrected chi connectivity index (χ4v) is 5.00. The number of para-hydroxylation sites is 1. The number of fused-ring (bicyclic) bond motifs is 1. The molecule has 0 bridgehead atoms. The number of aromatic nitrogens is 3. The minimum atomic E-state index is -0.338. The molecule has 0 spiro atoms. The molecular formula is C20H17FN4O2S2. The maximum Gasteiger partial charge on any atom is 0.274 e. The first kappa shape index (κ1) is 18.3. The van der Waals surface area contributed by atoms with E-state index in [1.165, 1.54) is 17.4 Å². The molecule has 6 nitrogen and oxygen atoms in total. The monoisotopic (exact) mass is 428 g/mol. The standard InChI is InChI=1S/C20H17FN4O2S2/c21-13-3-1-4-17-18(13)22-20(29-17)27-12-6-8-25(9-7-12)19(26)15-11-14(23-24-15)16-5-2-10-28-16/h1-5,10-12H,6-9H2,(H,23,24). The lowest BCUT2D eigenvalue weighted by atomic mass is 10.1. The molecular weight excluding hydrogens is 411 g/mol. The third-order valence-electron chi connectivity index (χ3n) is 4.93. The van der Waals surface area contributed by atoms with E-state index in [1.54, 1.807) is 28.4 Å². The van der Waals surface area contributed by atoms with Gasteiger partial charge in [-0.15, -0.1) is 11.3 Å². The highest BCUT2D eigenvalue weighted by Crippen LogP contribution is 2.31. The molecule has 5 rings (SSSR count).